The van der Waals surface area contributed by atoms with Crippen molar-refractivity contribution in [3.05, 3.63) is 35.5 Å². The van der Waals surface area contributed by atoms with Crippen molar-refractivity contribution < 1.29 is 9.52 Å². The van der Waals surface area contributed by atoms with E-state index in [0.29, 0.717) is 11.9 Å². The Morgan fingerprint density at radius 2 is 1.96 bits per heavy atom. The van der Waals surface area contributed by atoms with Crippen LogP contribution in [-0.4, -0.2) is 39.5 Å². The summed E-state index contributed by atoms with van der Waals surface area (Å²) in [4.78, 5) is 7.62. The smallest absolute Gasteiger partial charge is 0.318 e. The summed E-state index contributed by atoms with van der Waals surface area (Å²) in [5, 5.41) is 18.9. The Bertz CT molecular complexity index is 956. The number of nitrogens with zero attached hydrogens (tertiary/aromatic N) is 4. The second-order valence-electron chi connectivity index (χ2n) is 8.32. The normalized spacial score (nSPS) is 17.5. The van der Waals surface area contributed by atoms with Gasteiger partial charge in [0.15, 0.2) is 0 Å². The second kappa shape index (κ2) is 7.29. The van der Waals surface area contributed by atoms with Crippen molar-refractivity contribution in [2.75, 3.05) is 18.1 Å². The summed E-state index contributed by atoms with van der Waals surface area (Å²) in [6.07, 6.45) is 1.97. The van der Waals surface area contributed by atoms with E-state index in [1.165, 1.54) is 5.56 Å². The van der Waals surface area contributed by atoms with E-state index in [-0.39, 0.29) is 18.1 Å². The molecule has 1 fully saturated rings. The molecule has 6 nitrogen and oxygen atoms in total. The van der Waals surface area contributed by atoms with E-state index >= 15 is 0 Å². The largest absolute Gasteiger partial charge is 0.402 e. The molecule has 1 aromatic carbocycles. The molecule has 1 aliphatic heterocycles. The monoisotopic (exact) mass is 398 g/mol. The molecule has 1 aliphatic rings. The lowest BCUT2D eigenvalue weighted by Crippen LogP contribution is -2.32. The van der Waals surface area contributed by atoms with Crippen molar-refractivity contribution in [3.8, 4) is 21.3 Å². The number of hydrogen-bond acceptors (Lipinski definition) is 7. The van der Waals surface area contributed by atoms with Crippen LogP contribution in [0.25, 0.3) is 21.3 Å². The summed E-state index contributed by atoms with van der Waals surface area (Å²) < 4.78 is 5.94. The second-order valence-corrected chi connectivity index (χ2v) is 9.32. The SMILES string of the molecule is Cc1nc(-c2ccc(C(C)(C)C)cc2)sc1-c1nnc(N2CCC[C@@H]2CO)o1. The van der Waals surface area contributed by atoms with Crippen LogP contribution in [0.2, 0.25) is 0 Å². The third-order valence-electron chi connectivity index (χ3n) is 5.24. The number of thiazole rings is 1. The Hall–Kier alpha value is -2.25. The molecule has 0 amide bonds. The highest BCUT2D eigenvalue weighted by molar-refractivity contribution is 7.18. The van der Waals surface area contributed by atoms with Gasteiger partial charge in [-0.3, -0.25) is 0 Å². The molecule has 0 saturated carbocycles. The van der Waals surface area contributed by atoms with Crippen LogP contribution in [0.3, 0.4) is 0 Å². The maximum Gasteiger partial charge on any atom is 0.318 e. The lowest BCUT2D eigenvalue weighted by Gasteiger charge is -2.19. The van der Waals surface area contributed by atoms with Crippen molar-refractivity contribution in [2.24, 2.45) is 0 Å². The van der Waals surface area contributed by atoms with Gasteiger partial charge in [-0.15, -0.1) is 16.4 Å². The van der Waals surface area contributed by atoms with Gasteiger partial charge in [0.25, 0.3) is 5.89 Å². The highest BCUT2D eigenvalue weighted by Gasteiger charge is 2.29. The molecule has 148 valence electrons. The number of anilines is 1. The molecule has 1 atom stereocenters. The van der Waals surface area contributed by atoms with E-state index in [2.05, 4.69) is 55.2 Å². The first kappa shape index (κ1) is 19.1. The van der Waals surface area contributed by atoms with E-state index in [9.17, 15) is 5.11 Å². The van der Waals surface area contributed by atoms with Crippen LogP contribution in [0.1, 0.15) is 44.9 Å². The summed E-state index contributed by atoms with van der Waals surface area (Å²) >= 11 is 1.57. The maximum atomic E-state index is 9.53. The molecule has 0 bridgehead atoms. The average molecular weight is 399 g/mol. The van der Waals surface area contributed by atoms with Crippen LogP contribution in [0.5, 0.6) is 0 Å². The van der Waals surface area contributed by atoms with E-state index in [0.717, 1.165) is 40.5 Å². The Kier molecular flexibility index (Phi) is 4.97. The Labute approximate surface area is 169 Å². The van der Waals surface area contributed by atoms with E-state index < -0.39 is 0 Å². The fourth-order valence-electron chi connectivity index (χ4n) is 3.53. The van der Waals surface area contributed by atoms with Gasteiger partial charge in [0.1, 0.15) is 9.88 Å². The number of aryl methyl sites for hydroxylation is 1. The summed E-state index contributed by atoms with van der Waals surface area (Å²) in [7, 11) is 0. The number of hydrogen-bond donors (Lipinski definition) is 1. The van der Waals surface area contributed by atoms with Gasteiger partial charge in [0.2, 0.25) is 0 Å². The van der Waals surface area contributed by atoms with E-state index in [1.54, 1.807) is 11.3 Å². The zero-order valence-electron chi connectivity index (χ0n) is 16.8. The molecular formula is C21H26N4O2S. The summed E-state index contributed by atoms with van der Waals surface area (Å²) in [5.74, 6) is 0.492. The highest BCUT2D eigenvalue weighted by Crippen LogP contribution is 2.36. The third-order valence-corrected chi connectivity index (χ3v) is 6.43. The lowest BCUT2D eigenvalue weighted by atomic mass is 9.87. The number of benzene rings is 1. The minimum atomic E-state index is 0.0627. The van der Waals surface area contributed by atoms with Crippen molar-refractivity contribution in [1.29, 1.82) is 0 Å². The number of rotatable bonds is 4. The van der Waals surface area contributed by atoms with Gasteiger partial charge < -0.3 is 14.4 Å². The quantitative estimate of drug-likeness (QED) is 0.701. The number of aliphatic hydroxyl groups is 1. The minimum absolute atomic E-state index is 0.0627. The van der Waals surface area contributed by atoms with Gasteiger partial charge in [-0.05, 0) is 30.7 Å². The summed E-state index contributed by atoms with van der Waals surface area (Å²) in [6.45, 7) is 9.54. The molecule has 0 aliphatic carbocycles. The molecule has 2 aromatic heterocycles. The van der Waals surface area contributed by atoms with Crippen molar-refractivity contribution >= 4 is 17.4 Å². The molecule has 3 aromatic rings. The van der Waals surface area contributed by atoms with Crippen molar-refractivity contribution in [3.63, 3.8) is 0 Å². The van der Waals surface area contributed by atoms with E-state index in [1.807, 2.05) is 11.8 Å². The fourth-order valence-corrected chi connectivity index (χ4v) is 4.52. The summed E-state index contributed by atoms with van der Waals surface area (Å²) in [5.41, 5.74) is 3.41. The zero-order valence-corrected chi connectivity index (χ0v) is 17.6. The first-order valence-electron chi connectivity index (χ1n) is 9.66. The molecule has 1 saturated heterocycles. The fraction of sp³-hybridized carbons (Fsp3) is 0.476. The topological polar surface area (TPSA) is 75.3 Å². The summed E-state index contributed by atoms with van der Waals surface area (Å²) in [6, 6.07) is 9.12. The van der Waals surface area contributed by atoms with Gasteiger partial charge in [0, 0.05) is 12.1 Å². The molecule has 28 heavy (non-hydrogen) atoms. The number of aromatic nitrogens is 3. The molecule has 0 radical (unpaired) electrons. The van der Waals surface area contributed by atoms with Gasteiger partial charge in [-0.25, -0.2) is 4.98 Å². The van der Waals surface area contributed by atoms with Crippen molar-refractivity contribution in [2.45, 2.75) is 52.0 Å². The first-order valence-corrected chi connectivity index (χ1v) is 10.5. The number of aliphatic hydroxyl groups excluding tert-OH is 1. The van der Waals surface area contributed by atoms with Crippen LogP contribution >= 0.6 is 11.3 Å². The van der Waals surface area contributed by atoms with Crippen LogP contribution in [-0.2, 0) is 5.41 Å². The maximum absolute atomic E-state index is 9.53. The Balaban J connectivity index is 1.60. The first-order chi connectivity index (χ1) is 13.4. The lowest BCUT2D eigenvalue weighted by molar-refractivity contribution is 0.263. The zero-order chi connectivity index (χ0) is 19.9. The molecule has 4 rings (SSSR count). The van der Waals surface area contributed by atoms with Gasteiger partial charge in [-0.2, -0.15) is 0 Å². The van der Waals surface area contributed by atoms with Crippen LogP contribution in [0, 0.1) is 6.92 Å². The van der Waals surface area contributed by atoms with E-state index in [4.69, 9.17) is 9.40 Å². The molecule has 7 heteroatoms. The molecular weight excluding hydrogens is 372 g/mol. The molecule has 3 heterocycles. The molecule has 0 spiro atoms. The predicted octanol–water partition coefficient (Wildman–Crippen LogP) is 4.43. The predicted molar refractivity (Wildman–Crippen MR) is 112 cm³/mol. The third kappa shape index (κ3) is 3.56. The van der Waals surface area contributed by atoms with Gasteiger partial charge in [-0.1, -0.05) is 50.1 Å². The minimum Gasteiger partial charge on any atom is -0.402 e. The van der Waals surface area contributed by atoms with Crippen LogP contribution in [0.15, 0.2) is 28.7 Å². The van der Waals surface area contributed by atoms with Crippen LogP contribution < -0.4 is 4.90 Å². The Morgan fingerprint density at radius 1 is 1.21 bits per heavy atom. The Morgan fingerprint density at radius 3 is 2.64 bits per heavy atom. The highest BCUT2D eigenvalue weighted by atomic mass is 32.1. The van der Waals surface area contributed by atoms with Gasteiger partial charge in [0.05, 0.1) is 18.3 Å². The van der Waals surface area contributed by atoms with Crippen LogP contribution in [0.4, 0.5) is 6.01 Å². The standard InChI is InChI=1S/C21H26N4O2S/c1-13-17(18-23-24-20(27-18)25-11-5-6-16(25)12-26)28-19(22-13)14-7-9-15(10-8-14)21(2,3)4/h7-10,16,26H,5-6,11-12H2,1-4H3/t16-/m1/s1. The van der Waals surface area contributed by atoms with Gasteiger partial charge >= 0.3 is 6.01 Å². The molecule has 1 N–H and O–H groups in total. The average Bonchev–Trinajstić information content (AvgIpc) is 3.39. The van der Waals surface area contributed by atoms with Crippen molar-refractivity contribution in [1.82, 2.24) is 15.2 Å². The molecule has 0 unspecified atom stereocenters.